The van der Waals surface area contributed by atoms with Crippen LogP contribution in [-0.4, -0.2) is 142 Å². The second-order valence-electron chi connectivity index (χ2n) is 22.7. The molecule has 8 aliphatic rings. The lowest BCUT2D eigenvalue weighted by molar-refractivity contribution is -0.262. The Bertz CT molecular complexity index is 2800. The molecule has 5 heterocycles. The van der Waals surface area contributed by atoms with Gasteiger partial charge in [0, 0.05) is 93.0 Å². The predicted molar refractivity (Wildman–Crippen MR) is 271 cm³/mol. The number of rotatable bonds is 12. The van der Waals surface area contributed by atoms with Gasteiger partial charge in [0.15, 0.2) is 11.9 Å². The minimum atomic E-state index is -1.59. The molecule has 2 aromatic carbocycles. The van der Waals surface area contributed by atoms with Crippen LogP contribution in [-0.2, 0) is 43.3 Å². The molecule has 4 aliphatic carbocycles. The van der Waals surface area contributed by atoms with Gasteiger partial charge < -0.3 is 64.2 Å². The summed E-state index contributed by atoms with van der Waals surface area (Å²) in [5, 5.41) is 71.5. The molecule has 0 amide bonds. The number of carbonyl (C=O) groups excluding carboxylic acids is 3. The number of hydrogen-bond donors (Lipinski definition) is 7. The SMILES string of the molecule is CCOC(=O)C1=C(C=O)/C2=C3\C[C@H](CO)C(=O)[C@H](C3)c3cc4cc[nH]c4cc3CC[C@H](CO)COc3c4c(c(CO)c(c32)O1)O[C@@]1(C=C[C@@H](CCO)[C@@H]2[C@@]3(CC[C@@H](O)C3)C[C@H]3CN(CCCOC)CC[C@H]3[C@]21O)C4. The smallest absolute Gasteiger partial charge is 0.375 e. The molecule has 2 spiro atoms. The maximum Gasteiger partial charge on any atom is 0.375 e. The molecular weight excluding hydrogens is 949 g/mol. The number of nitrogens with one attached hydrogen (secondary N) is 1. The van der Waals surface area contributed by atoms with E-state index in [0.717, 1.165) is 54.5 Å². The van der Waals surface area contributed by atoms with Crippen LogP contribution in [0.3, 0.4) is 0 Å². The van der Waals surface area contributed by atoms with E-state index in [4.69, 9.17) is 23.7 Å². The van der Waals surface area contributed by atoms with Crippen molar-refractivity contribution >= 4 is 34.5 Å². The molecule has 4 aliphatic heterocycles. The molecule has 398 valence electrons. The van der Waals surface area contributed by atoms with E-state index in [1.54, 1.807) is 14.0 Å². The van der Waals surface area contributed by atoms with Gasteiger partial charge in [-0.25, -0.2) is 4.79 Å². The molecular formula is C58H72N2O14. The molecule has 11 atom stereocenters. The van der Waals surface area contributed by atoms with E-state index in [1.807, 2.05) is 30.5 Å². The number of ketones is 1. The summed E-state index contributed by atoms with van der Waals surface area (Å²) >= 11 is 0. The summed E-state index contributed by atoms with van der Waals surface area (Å²) in [5.74, 6) is -4.08. The number of aliphatic hydroxyl groups excluding tert-OH is 5. The van der Waals surface area contributed by atoms with Crippen LogP contribution in [0.4, 0.5) is 0 Å². The Labute approximate surface area is 431 Å². The zero-order chi connectivity index (χ0) is 51.7. The molecule has 0 unspecified atom stereocenters. The van der Waals surface area contributed by atoms with E-state index in [-0.39, 0.29) is 109 Å². The van der Waals surface area contributed by atoms with Crippen molar-refractivity contribution in [2.45, 2.75) is 114 Å². The third-order valence-corrected chi connectivity index (χ3v) is 18.8. The van der Waals surface area contributed by atoms with Gasteiger partial charge in [0.25, 0.3) is 0 Å². The second kappa shape index (κ2) is 20.2. The van der Waals surface area contributed by atoms with Crippen molar-refractivity contribution in [2.75, 3.05) is 66.4 Å². The fourth-order valence-electron chi connectivity index (χ4n) is 15.7. The Morgan fingerprint density at radius 2 is 1.91 bits per heavy atom. The summed E-state index contributed by atoms with van der Waals surface area (Å²) < 4.78 is 32.2. The molecule has 16 nitrogen and oxygen atoms in total. The van der Waals surface area contributed by atoms with Crippen molar-refractivity contribution in [1.82, 2.24) is 9.88 Å². The zero-order valence-corrected chi connectivity index (χ0v) is 42.6. The third-order valence-electron chi connectivity index (χ3n) is 18.8. The van der Waals surface area contributed by atoms with Crippen LogP contribution in [0.15, 0.2) is 53.5 Å². The molecule has 1 aromatic heterocycles. The first-order chi connectivity index (χ1) is 35.9. The lowest BCUT2D eigenvalue weighted by Gasteiger charge is -2.67. The average molecular weight is 1020 g/mol. The number of nitrogens with zero attached hydrogens (tertiary/aromatic N) is 1. The molecule has 1 saturated heterocycles. The number of H-pyrrole nitrogens is 1. The van der Waals surface area contributed by atoms with Gasteiger partial charge in [-0.05, 0) is 148 Å². The van der Waals surface area contributed by atoms with Crippen LogP contribution in [0, 0.1) is 40.9 Å². The number of likely N-dealkylation sites (tertiary alicyclic amines) is 1. The van der Waals surface area contributed by atoms with Gasteiger partial charge in [-0.2, -0.15) is 0 Å². The topological polar surface area (TPSA) is 238 Å². The van der Waals surface area contributed by atoms with Crippen LogP contribution in [0.25, 0.3) is 16.5 Å². The van der Waals surface area contributed by atoms with Crippen molar-refractivity contribution in [3.63, 3.8) is 0 Å². The lowest BCUT2D eigenvalue weighted by atomic mass is 9.42. The number of Topliss-reactive ketones (excluding diaryl/α,β-unsaturated/α-hetero) is 1. The Morgan fingerprint density at radius 3 is 2.64 bits per heavy atom. The van der Waals surface area contributed by atoms with E-state index in [0.29, 0.717) is 69.0 Å². The molecule has 11 rings (SSSR count). The number of benzene rings is 2. The largest absolute Gasteiger partial charge is 0.492 e. The molecule has 7 N–H and O–H groups in total. The Kier molecular flexibility index (Phi) is 14.0. The number of aliphatic hydroxyl groups is 6. The molecule has 4 fully saturated rings. The Balaban J connectivity index is 1.15. The van der Waals surface area contributed by atoms with Crippen LogP contribution in [0.5, 0.6) is 17.2 Å². The first-order valence-corrected chi connectivity index (χ1v) is 27.1. The van der Waals surface area contributed by atoms with Crippen molar-refractivity contribution in [1.29, 1.82) is 0 Å². The number of aromatic nitrogens is 1. The maximum atomic E-state index is 14.7. The first kappa shape index (κ1) is 51.2. The fraction of sp³-hybridized carbons (Fsp3) is 0.603. The van der Waals surface area contributed by atoms with Gasteiger partial charge in [0.1, 0.15) is 28.6 Å². The number of hydrogen-bond acceptors (Lipinski definition) is 15. The summed E-state index contributed by atoms with van der Waals surface area (Å²) in [6, 6.07) is 5.98. The summed E-state index contributed by atoms with van der Waals surface area (Å²) in [6.07, 6.45) is 11.5. The van der Waals surface area contributed by atoms with Crippen molar-refractivity contribution in [3.05, 3.63) is 81.3 Å². The third kappa shape index (κ3) is 8.11. The van der Waals surface area contributed by atoms with E-state index in [1.165, 1.54) is 0 Å². The molecule has 2 bridgehead atoms. The average Bonchev–Trinajstić information content (AvgIpc) is 4.14. The van der Waals surface area contributed by atoms with Crippen molar-refractivity contribution < 1.29 is 68.7 Å². The first-order valence-electron chi connectivity index (χ1n) is 27.1. The number of allylic oxidation sites excluding steroid dienone is 4. The maximum absolute atomic E-state index is 14.7. The van der Waals surface area contributed by atoms with Crippen molar-refractivity contribution in [2.24, 2.45) is 40.9 Å². The summed E-state index contributed by atoms with van der Waals surface area (Å²) in [7, 11) is 1.70. The molecule has 3 saturated carbocycles. The molecule has 0 radical (unpaired) electrons. The lowest BCUT2D eigenvalue weighted by Crippen LogP contribution is -2.75. The van der Waals surface area contributed by atoms with Gasteiger partial charge in [0.2, 0.25) is 5.76 Å². The number of piperidine rings is 1. The summed E-state index contributed by atoms with van der Waals surface area (Å²) in [6.45, 7) is 3.05. The standard InChI is InChI=1S/C58H72N2O14/c1-3-71-55(68)53-43(29-64)47-36-19-37(28-63)49(67)41(21-36)40-20-35-9-14-59-46(35)22-34(40)6-5-32(27-62)31-72-51-42-25-57(74-50(42)44(30-65)52(73-53)48(47)51)13-7-33(11-17-61)54-56(12-8-39(66)24-56)23-38-26-60(15-4-18-70-2)16-10-45(38)58(54,57)69/h7,9,13-14,20,22,29,32-33,37-39,41,45,54,59,61-63,65-66,69H,3-6,8,10-12,15-19,21,23-28,30-31H2,1-2H3/b47-36-/t32-,33+,37-,38+,39-,41-,45-,54-,56+,57+,58+/m1/s1. The van der Waals surface area contributed by atoms with Crippen LogP contribution in [0.2, 0.25) is 0 Å². The molecule has 74 heavy (non-hydrogen) atoms. The zero-order valence-electron chi connectivity index (χ0n) is 42.6. The number of carbonyl (C=O) groups is 3. The number of methoxy groups -OCH3 is 1. The highest BCUT2D eigenvalue weighted by atomic mass is 16.6. The van der Waals surface area contributed by atoms with Crippen LogP contribution in [0.1, 0.15) is 105 Å². The number of aldehydes is 1. The minimum absolute atomic E-state index is 0.00365. The fourth-order valence-corrected chi connectivity index (χ4v) is 15.7. The van der Waals surface area contributed by atoms with Gasteiger partial charge in [-0.15, -0.1) is 0 Å². The predicted octanol–water partition coefficient (Wildman–Crippen LogP) is 5.01. The Hall–Kier alpha value is -4.91. The minimum Gasteiger partial charge on any atom is -0.492 e. The number of esters is 1. The van der Waals surface area contributed by atoms with Gasteiger partial charge in [-0.3, -0.25) is 9.59 Å². The number of ether oxygens (including phenoxy) is 5. The second-order valence-corrected chi connectivity index (χ2v) is 22.7. The van der Waals surface area contributed by atoms with Crippen LogP contribution < -0.4 is 14.2 Å². The quantitative estimate of drug-likeness (QED) is 0.0547. The highest BCUT2D eigenvalue weighted by Gasteiger charge is 2.73. The van der Waals surface area contributed by atoms with Gasteiger partial charge in [0.05, 0.1) is 49.2 Å². The van der Waals surface area contributed by atoms with Gasteiger partial charge in [-0.1, -0.05) is 11.6 Å². The van der Waals surface area contributed by atoms with E-state index in [2.05, 4.69) is 16.0 Å². The summed E-state index contributed by atoms with van der Waals surface area (Å²) in [5.41, 5.74) is 0.647. The number of aromatic amines is 1. The van der Waals surface area contributed by atoms with Crippen molar-refractivity contribution in [3.8, 4) is 17.2 Å². The molecule has 3 aromatic rings. The number of aryl methyl sites for hydroxylation is 1. The highest BCUT2D eigenvalue weighted by molar-refractivity contribution is 6.11. The molecule has 16 heteroatoms. The summed E-state index contributed by atoms with van der Waals surface area (Å²) in [4.78, 5) is 48.5. The van der Waals surface area contributed by atoms with E-state index < -0.39 is 71.3 Å². The van der Waals surface area contributed by atoms with Crippen LogP contribution >= 0.6 is 0 Å². The Morgan fingerprint density at radius 1 is 1.05 bits per heavy atom. The van der Waals surface area contributed by atoms with E-state index >= 15 is 0 Å². The number of fused-ring (bicyclic) bond motifs is 12. The monoisotopic (exact) mass is 1020 g/mol. The van der Waals surface area contributed by atoms with E-state index in [9.17, 15) is 45.0 Å². The van der Waals surface area contributed by atoms with Gasteiger partial charge >= 0.3 is 5.97 Å². The normalized spacial score (nSPS) is 34.4. The highest BCUT2D eigenvalue weighted by Crippen LogP contribution is 2.70.